The largest absolute Gasteiger partial charge is 0.370 e. The van der Waals surface area contributed by atoms with Crippen molar-refractivity contribution in [3.63, 3.8) is 0 Å². The first-order chi connectivity index (χ1) is 10.0. The second kappa shape index (κ2) is 8.46. The Balaban J connectivity index is 3.03. The summed E-state index contributed by atoms with van der Waals surface area (Å²) in [7, 11) is 0. The number of anilines is 1. The molecule has 0 aliphatic rings. The van der Waals surface area contributed by atoms with Crippen LogP contribution in [-0.2, 0) is 0 Å². The number of nitro groups is 1. The number of nitrogens with one attached hydrogen (secondary N) is 2. The summed E-state index contributed by atoms with van der Waals surface area (Å²) in [4.78, 5) is 26.6. The van der Waals surface area contributed by atoms with E-state index in [-0.39, 0.29) is 23.2 Å². The fourth-order valence-corrected chi connectivity index (χ4v) is 2.48. The Morgan fingerprint density at radius 3 is 2.76 bits per heavy atom. The lowest BCUT2D eigenvalue weighted by atomic mass is 10.2. The molecule has 0 saturated carbocycles. The highest BCUT2D eigenvalue weighted by Gasteiger charge is 2.19. The lowest BCUT2D eigenvalue weighted by Gasteiger charge is -2.17. The van der Waals surface area contributed by atoms with Gasteiger partial charge in [-0.2, -0.15) is 11.8 Å². The molecule has 7 nitrogen and oxygen atoms in total. The van der Waals surface area contributed by atoms with E-state index in [2.05, 4.69) is 15.6 Å². The Labute approximate surface area is 128 Å². The molecule has 0 aliphatic heterocycles. The zero-order valence-electron chi connectivity index (χ0n) is 12.4. The van der Waals surface area contributed by atoms with Crippen LogP contribution < -0.4 is 10.6 Å². The van der Waals surface area contributed by atoms with Crippen molar-refractivity contribution >= 4 is 29.2 Å². The predicted octanol–water partition coefficient (Wildman–Crippen LogP) is 2.29. The molecule has 116 valence electrons. The molecule has 21 heavy (non-hydrogen) atoms. The van der Waals surface area contributed by atoms with E-state index in [4.69, 9.17) is 0 Å². The van der Waals surface area contributed by atoms with Gasteiger partial charge in [-0.1, -0.05) is 6.92 Å². The number of thioether (sulfide) groups is 1. The molecule has 1 rings (SSSR count). The molecular weight excluding hydrogens is 292 g/mol. The van der Waals surface area contributed by atoms with Gasteiger partial charge in [0.25, 0.3) is 11.6 Å². The Hall–Kier alpha value is -1.83. The summed E-state index contributed by atoms with van der Waals surface area (Å²) < 4.78 is 0. The van der Waals surface area contributed by atoms with Gasteiger partial charge in [-0.3, -0.25) is 14.9 Å². The molecule has 0 spiro atoms. The van der Waals surface area contributed by atoms with E-state index in [1.54, 1.807) is 11.8 Å². The molecule has 0 fully saturated rings. The Morgan fingerprint density at radius 1 is 1.52 bits per heavy atom. The zero-order valence-corrected chi connectivity index (χ0v) is 13.2. The van der Waals surface area contributed by atoms with Gasteiger partial charge in [-0.05, 0) is 19.6 Å². The smallest absolute Gasteiger partial charge is 0.288 e. The van der Waals surface area contributed by atoms with Crippen LogP contribution in [-0.4, -0.2) is 40.4 Å². The van der Waals surface area contributed by atoms with Crippen LogP contribution in [0.15, 0.2) is 12.3 Å². The number of hydrogen-bond donors (Lipinski definition) is 2. The number of amides is 1. The molecule has 1 unspecified atom stereocenters. The Morgan fingerprint density at radius 2 is 2.24 bits per heavy atom. The summed E-state index contributed by atoms with van der Waals surface area (Å²) in [5.41, 5.74) is 0.00493. The van der Waals surface area contributed by atoms with Crippen LogP contribution in [0.4, 0.5) is 11.5 Å². The van der Waals surface area contributed by atoms with E-state index in [9.17, 15) is 14.9 Å². The minimum Gasteiger partial charge on any atom is -0.370 e. The molecule has 0 bridgehead atoms. The van der Waals surface area contributed by atoms with Crippen LogP contribution in [0.25, 0.3) is 0 Å². The van der Waals surface area contributed by atoms with Crippen LogP contribution in [0.2, 0.25) is 0 Å². The molecule has 1 amide bonds. The minimum atomic E-state index is -0.557. The average Bonchev–Trinajstić information content (AvgIpc) is 2.47. The van der Waals surface area contributed by atoms with Crippen LogP contribution in [0.5, 0.6) is 0 Å². The molecule has 1 atom stereocenters. The van der Waals surface area contributed by atoms with Gasteiger partial charge < -0.3 is 10.6 Å². The first-order valence-corrected chi connectivity index (χ1v) is 8.10. The van der Waals surface area contributed by atoms with E-state index < -0.39 is 4.92 Å². The van der Waals surface area contributed by atoms with Crippen LogP contribution in [0.3, 0.4) is 0 Å². The van der Waals surface area contributed by atoms with E-state index in [0.717, 1.165) is 18.4 Å². The molecular formula is C13H20N4O3S. The van der Waals surface area contributed by atoms with Crippen LogP contribution in [0, 0.1) is 10.1 Å². The van der Waals surface area contributed by atoms with Crippen LogP contribution >= 0.6 is 11.8 Å². The van der Waals surface area contributed by atoms with Crippen molar-refractivity contribution in [2.75, 3.05) is 23.9 Å². The molecule has 1 heterocycles. The van der Waals surface area contributed by atoms with Crippen molar-refractivity contribution in [1.82, 2.24) is 10.3 Å². The van der Waals surface area contributed by atoms with Gasteiger partial charge in [-0.25, -0.2) is 4.98 Å². The molecule has 2 N–H and O–H groups in total. The zero-order chi connectivity index (χ0) is 15.8. The topological polar surface area (TPSA) is 97.2 Å². The number of pyridine rings is 1. The fourth-order valence-electron chi connectivity index (χ4n) is 1.76. The first-order valence-electron chi connectivity index (χ1n) is 6.71. The van der Waals surface area contributed by atoms with E-state index in [0.29, 0.717) is 12.4 Å². The van der Waals surface area contributed by atoms with E-state index >= 15 is 0 Å². The molecule has 0 radical (unpaired) electrons. The number of aromatic nitrogens is 1. The van der Waals surface area contributed by atoms with Gasteiger partial charge in [-0.15, -0.1) is 0 Å². The standard InChI is InChI=1S/C13H20N4O3S/c1-4-9(8-21-3)16-13(18)11-6-10(17(19)20)7-15-12(11)14-5-2/h6-7,9H,4-5,8H2,1-3H3,(H,14,15)(H,16,18). The highest BCUT2D eigenvalue weighted by atomic mass is 32.2. The third-order valence-electron chi connectivity index (χ3n) is 2.87. The van der Waals surface area contributed by atoms with Gasteiger partial charge in [0.05, 0.1) is 10.5 Å². The summed E-state index contributed by atoms with van der Waals surface area (Å²) >= 11 is 1.64. The monoisotopic (exact) mass is 312 g/mol. The minimum absolute atomic E-state index is 0.0289. The SMILES string of the molecule is CCNc1ncc([N+](=O)[O-])cc1C(=O)NC(CC)CSC. The Bertz CT molecular complexity index is 510. The molecule has 1 aromatic heterocycles. The maximum absolute atomic E-state index is 12.3. The van der Waals surface area contributed by atoms with Gasteiger partial charge >= 0.3 is 0 Å². The van der Waals surface area contributed by atoms with Crippen molar-refractivity contribution in [3.05, 3.63) is 27.9 Å². The van der Waals surface area contributed by atoms with Crippen molar-refractivity contribution in [2.24, 2.45) is 0 Å². The summed E-state index contributed by atoms with van der Waals surface area (Å²) in [6, 6.07) is 1.29. The second-order valence-electron chi connectivity index (χ2n) is 4.41. The maximum atomic E-state index is 12.3. The second-order valence-corrected chi connectivity index (χ2v) is 5.32. The van der Waals surface area contributed by atoms with E-state index in [1.807, 2.05) is 20.1 Å². The number of carbonyl (C=O) groups is 1. The summed E-state index contributed by atoms with van der Waals surface area (Å²) in [5, 5.41) is 16.7. The fraction of sp³-hybridized carbons (Fsp3) is 0.538. The number of rotatable bonds is 8. The van der Waals surface area contributed by atoms with Crippen molar-refractivity contribution < 1.29 is 9.72 Å². The molecule has 0 aromatic carbocycles. The maximum Gasteiger partial charge on any atom is 0.288 e. The summed E-state index contributed by atoms with van der Waals surface area (Å²) in [5.74, 6) is 0.809. The number of carbonyl (C=O) groups excluding carboxylic acids is 1. The number of hydrogen-bond acceptors (Lipinski definition) is 6. The molecule has 1 aromatic rings. The molecule has 8 heteroatoms. The third kappa shape index (κ3) is 4.89. The van der Waals surface area contributed by atoms with Crippen molar-refractivity contribution in [2.45, 2.75) is 26.3 Å². The van der Waals surface area contributed by atoms with Crippen LogP contribution in [0.1, 0.15) is 30.6 Å². The normalized spacial score (nSPS) is 11.8. The quantitative estimate of drug-likeness (QED) is 0.564. The highest BCUT2D eigenvalue weighted by molar-refractivity contribution is 7.98. The molecule has 0 aliphatic carbocycles. The van der Waals surface area contributed by atoms with Gasteiger partial charge in [0.2, 0.25) is 0 Å². The van der Waals surface area contributed by atoms with Gasteiger partial charge in [0.15, 0.2) is 0 Å². The Kier molecular flexibility index (Phi) is 6.93. The number of nitrogens with zero attached hydrogens (tertiary/aromatic N) is 2. The predicted molar refractivity (Wildman–Crippen MR) is 85.0 cm³/mol. The lowest BCUT2D eigenvalue weighted by Crippen LogP contribution is -2.36. The van der Waals surface area contributed by atoms with E-state index in [1.165, 1.54) is 6.07 Å². The summed E-state index contributed by atoms with van der Waals surface area (Å²) in [6.45, 7) is 4.43. The van der Waals surface area contributed by atoms with Gasteiger partial charge in [0.1, 0.15) is 12.0 Å². The van der Waals surface area contributed by atoms with Crippen molar-refractivity contribution in [3.8, 4) is 0 Å². The summed E-state index contributed by atoms with van der Waals surface area (Å²) in [6.07, 6.45) is 3.91. The van der Waals surface area contributed by atoms with Gasteiger partial charge in [0, 0.05) is 24.4 Å². The highest BCUT2D eigenvalue weighted by Crippen LogP contribution is 2.19. The molecule has 0 saturated heterocycles. The average molecular weight is 312 g/mol. The lowest BCUT2D eigenvalue weighted by molar-refractivity contribution is -0.385. The van der Waals surface area contributed by atoms with Crippen molar-refractivity contribution in [1.29, 1.82) is 0 Å². The third-order valence-corrected chi connectivity index (χ3v) is 3.60. The first kappa shape index (κ1) is 17.2.